The van der Waals surface area contributed by atoms with Crippen molar-refractivity contribution >= 4 is 11.9 Å². The van der Waals surface area contributed by atoms with Crippen molar-refractivity contribution in [3.63, 3.8) is 0 Å². The number of hydrogen-bond donors (Lipinski definition) is 1. The van der Waals surface area contributed by atoms with E-state index in [9.17, 15) is 14.7 Å². The van der Waals surface area contributed by atoms with Gasteiger partial charge in [0.2, 0.25) is 5.91 Å². The minimum absolute atomic E-state index is 0.0426. The molecule has 0 radical (unpaired) electrons. The van der Waals surface area contributed by atoms with Crippen LogP contribution >= 0.6 is 0 Å². The lowest BCUT2D eigenvalue weighted by Crippen LogP contribution is -2.47. The van der Waals surface area contributed by atoms with Crippen LogP contribution in [-0.4, -0.2) is 47.7 Å². The van der Waals surface area contributed by atoms with Crippen LogP contribution in [0.2, 0.25) is 0 Å². The lowest BCUT2D eigenvalue weighted by molar-refractivity contribution is -0.145. The molecule has 0 aliphatic carbocycles. The van der Waals surface area contributed by atoms with Gasteiger partial charge in [-0.1, -0.05) is 34.6 Å². The van der Waals surface area contributed by atoms with Gasteiger partial charge in [-0.2, -0.15) is 0 Å². The molecule has 0 aromatic rings. The molecular formula is C16H29NO4. The summed E-state index contributed by atoms with van der Waals surface area (Å²) in [4.78, 5) is 25.7. The molecule has 0 aromatic heterocycles. The Hall–Kier alpha value is -1.10. The molecule has 1 saturated heterocycles. The van der Waals surface area contributed by atoms with Gasteiger partial charge in [-0.3, -0.25) is 9.59 Å². The van der Waals surface area contributed by atoms with Crippen molar-refractivity contribution in [1.82, 2.24) is 4.90 Å². The van der Waals surface area contributed by atoms with Crippen LogP contribution in [0.15, 0.2) is 0 Å². The maximum absolute atomic E-state index is 12.6. The van der Waals surface area contributed by atoms with E-state index >= 15 is 0 Å². The van der Waals surface area contributed by atoms with Gasteiger partial charge >= 0.3 is 5.97 Å². The second kappa shape index (κ2) is 7.25. The molecule has 0 saturated carbocycles. The van der Waals surface area contributed by atoms with E-state index in [1.165, 1.54) is 0 Å². The second-order valence-electron chi connectivity index (χ2n) is 7.11. The van der Waals surface area contributed by atoms with E-state index in [2.05, 4.69) is 27.7 Å². The van der Waals surface area contributed by atoms with Crippen molar-refractivity contribution in [1.29, 1.82) is 0 Å². The Kier molecular flexibility index (Phi) is 6.20. The smallest absolute Gasteiger partial charge is 0.311 e. The van der Waals surface area contributed by atoms with Gasteiger partial charge in [0, 0.05) is 13.0 Å². The molecule has 5 heteroatoms. The second-order valence-corrected chi connectivity index (χ2v) is 7.11. The number of nitrogens with zero attached hydrogens (tertiary/aromatic N) is 1. The molecule has 3 atom stereocenters. The highest BCUT2D eigenvalue weighted by molar-refractivity contribution is 5.79. The van der Waals surface area contributed by atoms with Crippen LogP contribution in [0.3, 0.4) is 0 Å². The number of hydrogen-bond acceptors (Lipinski definition) is 3. The van der Waals surface area contributed by atoms with Crippen LogP contribution in [0.1, 0.15) is 47.5 Å². The Labute approximate surface area is 127 Å². The first kappa shape index (κ1) is 18.0. The Morgan fingerprint density at radius 1 is 1.33 bits per heavy atom. The first-order chi connectivity index (χ1) is 9.68. The Bertz CT molecular complexity index is 375. The summed E-state index contributed by atoms with van der Waals surface area (Å²) in [6.45, 7) is 11.5. The first-order valence-corrected chi connectivity index (χ1v) is 7.78. The zero-order valence-corrected chi connectivity index (χ0v) is 13.9. The zero-order chi connectivity index (χ0) is 16.2. The van der Waals surface area contributed by atoms with Crippen LogP contribution < -0.4 is 0 Å². The number of carbonyl (C=O) groups excluding carboxylic acids is 1. The molecule has 122 valence electrons. The molecular weight excluding hydrogens is 270 g/mol. The van der Waals surface area contributed by atoms with E-state index in [0.29, 0.717) is 19.6 Å². The fourth-order valence-electron chi connectivity index (χ4n) is 2.49. The van der Waals surface area contributed by atoms with Crippen LogP contribution in [0.5, 0.6) is 0 Å². The molecule has 1 N–H and O–H groups in total. The summed E-state index contributed by atoms with van der Waals surface area (Å²) in [5, 5.41) is 9.28. The van der Waals surface area contributed by atoms with E-state index in [4.69, 9.17) is 4.74 Å². The number of carboxylic acid groups (broad SMARTS) is 1. The van der Waals surface area contributed by atoms with E-state index in [-0.39, 0.29) is 29.9 Å². The summed E-state index contributed by atoms with van der Waals surface area (Å²) >= 11 is 0. The Morgan fingerprint density at radius 2 is 1.95 bits per heavy atom. The van der Waals surface area contributed by atoms with Crippen LogP contribution in [0.4, 0.5) is 0 Å². The van der Waals surface area contributed by atoms with Gasteiger partial charge < -0.3 is 14.7 Å². The molecule has 21 heavy (non-hydrogen) atoms. The Morgan fingerprint density at radius 3 is 2.43 bits per heavy atom. The molecule has 0 spiro atoms. The highest BCUT2D eigenvalue weighted by atomic mass is 16.5. The van der Waals surface area contributed by atoms with Crippen molar-refractivity contribution in [3.05, 3.63) is 0 Å². The van der Waals surface area contributed by atoms with Crippen molar-refractivity contribution in [2.75, 3.05) is 19.8 Å². The molecule has 3 unspecified atom stereocenters. The van der Waals surface area contributed by atoms with E-state index in [1.807, 2.05) is 6.92 Å². The third kappa shape index (κ3) is 4.70. The van der Waals surface area contributed by atoms with E-state index < -0.39 is 11.9 Å². The molecule has 1 aliphatic heterocycles. The summed E-state index contributed by atoms with van der Waals surface area (Å²) < 4.78 is 5.31. The summed E-state index contributed by atoms with van der Waals surface area (Å²) in [6.07, 6.45) is 1.27. The lowest BCUT2D eigenvalue weighted by atomic mass is 9.80. The zero-order valence-electron chi connectivity index (χ0n) is 13.9. The normalized spacial score (nSPS) is 23.9. The van der Waals surface area contributed by atoms with Crippen molar-refractivity contribution in [2.24, 2.45) is 17.3 Å². The van der Waals surface area contributed by atoms with Crippen molar-refractivity contribution in [2.45, 2.75) is 53.5 Å². The average Bonchev–Trinajstić information content (AvgIpc) is 2.83. The predicted molar refractivity (Wildman–Crippen MR) is 81.0 cm³/mol. The number of ether oxygens (including phenoxy) is 1. The van der Waals surface area contributed by atoms with Gasteiger partial charge in [0.1, 0.15) is 5.92 Å². The quantitative estimate of drug-likeness (QED) is 0.818. The Balaban J connectivity index is 2.81. The van der Waals surface area contributed by atoms with Gasteiger partial charge in [-0.05, 0) is 17.8 Å². The maximum atomic E-state index is 12.6. The van der Waals surface area contributed by atoms with Gasteiger partial charge in [-0.25, -0.2) is 0 Å². The standard InChI is InChI=1S/C16H29NO4/c1-6-7-17(13-10-21-9-12(13)15(19)20)14(18)8-11(2)16(3,4)5/h11-13H,6-10H2,1-5H3,(H,19,20). The molecule has 0 bridgehead atoms. The van der Waals surface area contributed by atoms with Crippen molar-refractivity contribution in [3.8, 4) is 0 Å². The SMILES string of the molecule is CCCN(C(=O)CC(C)C(C)(C)C)C1COCC1C(=O)O. The first-order valence-electron chi connectivity index (χ1n) is 7.78. The highest BCUT2D eigenvalue weighted by Crippen LogP contribution is 2.30. The fraction of sp³-hybridized carbons (Fsp3) is 0.875. The number of rotatable bonds is 6. The number of aliphatic carboxylic acids is 1. The molecule has 1 rings (SSSR count). The molecule has 1 fully saturated rings. The molecule has 1 heterocycles. The number of amides is 1. The molecule has 0 aromatic carbocycles. The van der Waals surface area contributed by atoms with Gasteiger partial charge in [0.25, 0.3) is 0 Å². The lowest BCUT2D eigenvalue weighted by Gasteiger charge is -2.33. The minimum Gasteiger partial charge on any atom is -0.481 e. The van der Waals surface area contributed by atoms with Crippen LogP contribution in [0.25, 0.3) is 0 Å². The third-order valence-corrected chi connectivity index (χ3v) is 4.51. The summed E-state index contributed by atoms with van der Waals surface area (Å²) in [5.74, 6) is -1.20. The van der Waals surface area contributed by atoms with E-state index in [0.717, 1.165) is 6.42 Å². The van der Waals surface area contributed by atoms with Crippen LogP contribution in [-0.2, 0) is 14.3 Å². The minimum atomic E-state index is -0.879. The average molecular weight is 299 g/mol. The summed E-state index contributed by atoms with van der Waals surface area (Å²) in [7, 11) is 0. The number of carboxylic acids is 1. The largest absolute Gasteiger partial charge is 0.481 e. The van der Waals surface area contributed by atoms with Crippen LogP contribution in [0, 0.1) is 17.3 Å². The molecule has 1 aliphatic rings. The van der Waals surface area contributed by atoms with E-state index in [1.54, 1.807) is 4.90 Å². The molecule has 1 amide bonds. The molecule has 5 nitrogen and oxygen atoms in total. The monoisotopic (exact) mass is 299 g/mol. The van der Waals surface area contributed by atoms with Gasteiger partial charge in [-0.15, -0.1) is 0 Å². The summed E-state index contributed by atoms with van der Waals surface area (Å²) in [6, 6.07) is -0.331. The van der Waals surface area contributed by atoms with Crippen molar-refractivity contribution < 1.29 is 19.4 Å². The predicted octanol–water partition coefficient (Wildman–Crippen LogP) is 2.40. The summed E-state index contributed by atoms with van der Waals surface area (Å²) in [5.41, 5.74) is 0.0614. The van der Waals surface area contributed by atoms with Gasteiger partial charge in [0.15, 0.2) is 0 Å². The van der Waals surface area contributed by atoms with Gasteiger partial charge in [0.05, 0.1) is 19.3 Å². The fourth-order valence-corrected chi connectivity index (χ4v) is 2.49. The highest BCUT2D eigenvalue weighted by Gasteiger charge is 2.40. The topological polar surface area (TPSA) is 66.8 Å². The maximum Gasteiger partial charge on any atom is 0.311 e. The third-order valence-electron chi connectivity index (χ3n) is 4.51. The number of carbonyl (C=O) groups is 2.